The predicted octanol–water partition coefficient (Wildman–Crippen LogP) is 2.49. The Hall–Kier alpha value is -0.740. The molecule has 0 aliphatic heterocycles. The summed E-state index contributed by atoms with van der Waals surface area (Å²) in [6.07, 6.45) is 5.78. The van der Waals surface area contributed by atoms with E-state index in [9.17, 15) is 0 Å². The molecular weight excluding hydrogens is 220 g/mol. The van der Waals surface area contributed by atoms with Gasteiger partial charge in [0.2, 0.25) is 0 Å². The molecule has 0 spiro atoms. The minimum Gasteiger partial charge on any atom is -0.492 e. The minimum atomic E-state index is 0.355. The first-order chi connectivity index (χ1) is 7.81. The van der Waals surface area contributed by atoms with Gasteiger partial charge in [0, 0.05) is 18.0 Å². The molecule has 0 radical (unpaired) electrons. The van der Waals surface area contributed by atoms with Crippen LogP contribution < -0.4 is 10.1 Å². The van der Waals surface area contributed by atoms with Gasteiger partial charge in [-0.1, -0.05) is 6.92 Å². The number of nitrogens with zero attached hydrogens (tertiary/aromatic N) is 1. The summed E-state index contributed by atoms with van der Waals surface area (Å²) in [6, 6.07) is 2.42. The fourth-order valence-corrected chi connectivity index (χ4v) is 2.20. The van der Waals surface area contributed by atoms with Gasteiger partial charge in [0.1, 0.15) is 5.75 Å². The molecule has 0 amide bonds. The number of hydrogen-bond acceptors (Lipinski definition) is 4. The number of ether oxygens (including phenoxy) is 1. The van der Waals surface area contributed by atoms with E-state index >= 15 is 0 Å². The summed E-state index contributed by atoms with van der Waals surface area (Å²) >= 11 is 1.83. The number of hydrogen-bond donors (Lipinski definition) is 1. The molecule has 0 aliphatic carbocycles. The van der Waals surface area contributed by atoms with E-state index in [1.54, 1.807) is 6.20 Å². The van der Waals surface area contributed by atoms with E-state index in [1.165, 1.54) is 5.56 Å². The van der Waals surface area contributed by atoms with Crippen molar-refractivity contribution in [2.45, 2.75) is 19.9 Å². The van der Waals surface area contributed by atoms with Crippen LogP contribution in [0.3, 0.4) is 0 Å². The van der Waals surface area contributed by atoms with E-state index in [0.717, 1.165) is 18.0 Å². The molecule has 0 aromatic carbocycles. The first-order valence-corrected chi connectivity index (χ1v) is 7.01. The molecule has 90 valence electrons. The molecule has 1 atom stereocenters. The highest BCUT2D eigenvalue weighted by Gasteiger charge is 2.10. The summed E-state index contributed by atoms with van der Waals surface area (Å²) in [7, 11) is 0. The average Bonchev–Trinajstić information content (AvgIpc) is 2.30. The van der Waals surface area contributed by atoms with Crippen LogP contribution in [-0.4, -0.2) is 30.1 Å². The number of rotatable bonds is 7. The Bertz CT molecular complexity index is 301. The van der Waals surface area contributed by atoms with Crippen LogP contribution in [-0.2, 0) is 0 Å². The average molecular weight is 240 g/mol. The lowest BCUT2D eigenvalue weighted by atomic mass is 10.1. The second-order valence-corrected chi connectivity index (χ2v) is 4.36. The lowest BCUT2D eigenvalue weighted by Gasteiger charge is -2.17. The first kappa shape index (κ1) is 13.3. The van der Waals surface area contributed by atoms with Gasteiger partial charge in [0.15, 0.2) is 0 Å². The molecule has 3 nitrogen and oxygen atoms in total. The van der Waals surface area contributed by atoms with E-state index in [4.69, 9.17) is 4.74 Å². The van der Waals surface area contributed by atoms with Crippen molar-refractivity contribution >= 4 is 11.8 Å². The zero-order valence-electron chi connectivity index (χ0n) is 10.2. The number of pyridine rings is 1. The lowest BCUT2D eigenvalue weighted by molar-refractivity contribution is 0.338. The van der Waals surface area contributed by atoms with Gasteiger partial charge in [-0.3, -0.25) is 4.98 Å². The number of aromatic nitrogens is 1. The zero-order chi connectivity index (χ0) is 11.8. The fraction of sp³-hybridized carbons (Fsp3) is 0.583. The molecule has 1 N–H and O–H groups in total. The minimum absolute atomic E-state index is 0.355. The van der Waals surface area contributed by atoms with Crippen LogP contribution in [0, 0.1) is 0 Å². The van der Waals surface area contributed by atoms with Crippen molar-refractivity contribution in [2.75, 3.05) is 25.2 Å². The SMILES string of the molecule is CCNC(CSC)c1cncc(OCC)c1. The summed E-state index contributed by atoms with van der Waals surface area (Å²) in [5.41, 5.74) is 1.20. The standard InChI is InChI=1S/C12H20N2OS/c1-4-14-12(9-16-3)10-6-11(15-5-2)8-13-7-10/h6-8,12,14H,4-5,9H2,1-3H3. The Balaban J connectivity index is 2.77. The summed E-state index contributed by atoms with van der Waals surface area (Å²) < 4.78 is 5.46. The maximum Gasteiger partial charge on any atom is 0.137 e. The van der Waals surface area contributed by atoms with E-state index in [0.29, 0.717) is 12.6 Å². The third kappa shape index (κ3) is 4.02. The summed E-state index contributed by atoms with van der Waals surface area (Å²) in [6.45, 7) is 5.74. The molecule has 4 heteroatoms. The van der Waals surface area contributed by atoms with Gasteiger partial charge in [-0.15, -0.1) is 0 Å². The monoisotopic (exact) mass is 240 g/mol. The third-order valence-electron chi connectivity index (χ3n) is 2.23. The Labute approximate surface area is 102 Å². The molecule has 0 saturated carbocycles. The van der Waals surface area contributed by atoms with Crippen molar-refractivity contribution in [3.8, 4) is 5.75 Å². The van der Waals surface area contributed by atoms with Gasteiger partial charge in [-0.25, -0.2) is 0 Å². The van der Waals surface area contributed by atoms with E-state index in [1.807, 2.05) is 24.9 Å². The molecule has 1 aromatic rings. The molecule has 16 heavy (non-hydrogen) atoms. The first-order valence-electron chi connectivity index (χ1n) is 5.61. The smallest absolute Gasteiger partial charge is 0.137 e. The molecule has 1 unspecified atom stereocenters. The number of nitrogens with one attached hydrogen (secondary N) is 1. The van der Waals surface area contributed by atoms with Crippen molar-refractivity contribution < 1.29 is 4.74 Å². The second-order valence-electron chi connectivity index (χ2n) is 3.45. The van der Waals surface area contributed by atoms with Crippen molar-refractivity contribution in [2.24, 2.45) is 0 Å². The molecule has 1 rings (SSSR count). The quantitative estimate of drug-likeness (QED) is 0.794. The Morgan fingerprint density at radius 2 is 2.25 bits per heavy atom. The van der Waals surface area contributed by atoms with Gasteiger partial charge in [-0.2, -0.15) is 11.8 Å². The molecular formula is C12H20N2OS. The molecule has 1 heterocycles. The lowest BCUT2D eigenvalue weighted by Crippen LogP contribution is -2.23. The second kappa shape index (κ2) is 7.52. The summed E-state index contributed by atoms with van der Waals surface area (Å²) in [5.74, 6) is 1.90. The van der Waals surface area contributed by atoms with Gasteiger partial charge < -0.3 is 10.1 Å². The summed E-state index contributed by atoms with van der Waals surface area (Å²) in [5, 5.41) is 3.45. The molecule has 0 aliphatic rings. The molecule has 0 fully saturated rings. The Kier molecular flexibility index (Phi) is 6.26. The van der Waals surface area contributed by atoms with Crippen LogP contribution in [0.2, 0.25) is 0 Å². The van der Waals surface area contributed by atoms with E-state index < -0.39 is 0 Å². The van der Waals surface area contributed by atoms with Crippen molar-refractivity contribution in [3.05, 3.63) is 24.0 Å². The van der Waals surface area contributed by atoms with Gasteiger partial charge in [-0.05, 0) is 31.4 Å². The Morgan fingerprint density at radius 1 is 1.44 bits per heavy atom. The van der Waals surface area contributed by atoms with Crippen molar-refractivity contribution in [3.63, 3.8) is 0 Å². The molecule has 1 aromatic heterocycles. The van der Waals surface area contributed by atoms with Crippen molar-refractivity contribution in [1.29, 1.82) is 0 Å². The van der Waals surface area contributed by atoms with Crippen LogP contribution in [0.15, 0.2) is 18.5 Å². The van der Waals surface area contributed by atoms with Crippen LogP contribution in [0.5, 0.6) is 5.75 Å². The predicted molar refractivity (Wildman–Crippen MR) is 70.2 cm³/mol. The highest BCUT2D eigenvalue weighted by atomic mass is 32.2. The highest BCUT2D eigenvalue weighted by Crippen LogP contribution is 2.20. The molecule has 0 bridgehead atoms. The van der Waals surface area contributed by atoms with Gasteiger partial charge >= 0.3 is 0 Å². The maximum absolute atomic E-state index is 5.46. The van der Waals surface area contributed by atoms with Crippen LogP contribution in [0.25, 0.3) is 0 Å². The largest absolute Gasteiger partial charge is 0.492 e. The maximum atomic E-state index is 5.46. The van der Waals surface area contributed by atoms with E-state index in [2.05, 4.69) is 29.5 Å². The Morgan fingerprint density at radius 3 is 2.88 bits per heavy atom. The van der Waals surface area contributed by atoms with Crippen molar-refractivity contribution in [1.82, 2.24) is 10.3 Å². The fourth-order valence-electron chi connectivity index (χ4n) is 1.56. The van der Waals surface area contributed by atoms with Crippen LogP contribution in [0.1, 0.15) is 25.5 Å². The van der Waals surface area contributed by atoms with Gasteiger partial charge in [0.25, 0.3) is 0 Å². The van der Waals surface area contributed by atoms with Gasteiger partial charge in [0.05, 0.1) is 12.8 Å². The summed E-state index contributed by atoms with van der Waals surface area (Å²) in [4.78, 5) is 4.21. The van der Waals surface area contributed by atoms with Crippen LogP contribution >= 0.6 is 11.8 Å². The third-order valence-corrected chi connectivity index (χ3v) is 2.90. The van der Waals surface area contributed by atoms with E-state index in [-0.39, 0.29) is 0 Å². The topological polar surface area (TPSA) is 34.2 Å². The van der Waals surface area contributed by atoms with Crippen LogP contribution in [0.4, 0.5) is 0 Å². The normalized spacial score (nSPS) is 12.4. The highest BCUT2D eigenvalue weighted by molar-refractivity contribution is 7.98. The molecule has 0 saturated heterocycles. The zero-order valence-corrected chi connectivity index (χ0v) is 11.0. The number of thioether (sulfide) groups is 1.